The van der Waals surface area contributed by atoms with E-state index in [0.717, 1.165) is 13.2 Å². The Morgan fingerprint density at radius 2 is 1.73 bits per heavy atom. The number of ether oxygens (including phenoxy) is 2. The summed E-state index contributed by atoms with van der Waals surface area (Å²) in [6, 6.07) is 5.58. The molecule has 0 saturated heterocycles. The molecule has 0 heterocycles. The van der Waals surface area contributed by atoms with E-state index in [4.69, 9.17) is 15.3 Å². The lowest BCUT2D eigenvalue weighted by atomic mass is 9.92. The number of methoxy groups -OCH3 is 1. The normalized spacial score (nSPS) is 14.2. The van der Waals surface area contributed by atoms with Crippen molar-refractivity contribution in [1.29, 1.82) is 0 Å². The number of carboxylic acid groups (broad SMARTS) is 2. The zero-order chi connectivity index (χ0) is 19.9. The molecule has 10 heteroatoms. The molecule has 1 aromatic carbocycles. The third-order valence-electron chi connectivity index (χ3n) is 3.16. The van der Waals surface area contributed by atoms with E-state index in [2.05, 4.69) is 9.47 Å². The summed E-state index contributed by atoms with van der Waals surface area (Å²) in [6.45, 7) is 0. The van der Waals surface area contributed by atoms with Crippen LogP contribution in [0.3, 0.4) is 0 Å². The Labute approximate surface area is 146 Å². The molecule has 0 aliphatic rings. The Kier molecular flexibility index (Phi) is 6.85. The molecule has 0 aliphatic heterocycles. The molecule has 10 nitrogen and oxygen atoms in total. The maximum absolute atomic E-state index is 11.8. The van der Waals surface area contributed by atoms with Gasteiger partial charge in [-0.3, -0.25) is 4.79 Å². The average molecular weight is 368 g/mol. The van der Waals surface area contributed by atoms with Crippen molar-refractivity contribution in [2.24, 2.45) is 0 Å². The third kappa shape index (κ3) is 5.31. The number of aromatic hydroxyl groups is 1. The second-order valence-electron chi connectivity index (χ2n) is 5.07. The molecule has 0 bridgehead atoms. The van der Waals surface area contributed by atoms with Gasteiger partial charge in [-0.15, -0.1) is 0 Å². The van der Waals surface area contributed by atoms with Crippen LogP contribution in [-0.2, 0) is 28.7 Å². The van der Waals surface area contributed by atoms with Crippen molar-refractivity contribution in [3.8, 4) is 5.75 Å². The highest BCUT2D eigenvalue weighted by Gasteiger charge is 2.53. The van der Waals surface area contributed by atoms with E-state index in [1.807, 2.05) is 0 Å². The van der Waals surface area contributed by atoms with E-state index in [1.54, 1.807) is 0 Å². The summed E-state index contributed by atoms with van der Waals surface area (Å²) in [6.07, 6.45) is -1.84. The second kappa shape index (κ2) is 8.62. The Balaban J connectivity index is 3.02. The highest BCUT2D eigenvalue weighted by atomic mass is 16.6. The Morgan fingerprint density at radius 3 is 2.19 bits per heavy atom. The van der Waals surface area contributed by atoms with Crippen LogP contribution in [0.25, 0.3) is 6.08 Å². The van der Waals surface area contributed by atoms with Crippen LogP contribution in [0.5, 0.6) is 5.75 Å². The molecule has 0 radical (unpaired) electrons. The number of hydrogen-bond donors (Lipinski definition) is 4. The molecular weight excluding hydrogens is 352 g/mol. The molecule has 2 atom stereocenters. The molecule has 0 spiro atoms. The maximum atomic E-state index is 11.8. The molecule has 26 heavy (non-hydrogen) atoms. The van der Waals surface area contributed by atoms with Gasteiger partial charge in [0.2, 0.25) is 11.7 Å². The number of benzene rings is 1. The minimum Gasteiger partial charge on any atom is -0.508 e. The van der Waals surface area contributed by atoms with Crippen LogP contribution in [0.4, 0.5) is 0 Å². The predicted molar refractivity (Wildman–Crippen MR) is 83.9 cm³/mol. The molecule has 0 aromatic heterocycles. The number of aliphatic carboxylic acids is 2. The SMILES string of the molecule is COC(=O)[C@@](O)(CC(=O)O)[C@H](OC(=O)C=Cc1ccc(O)cc1)C(=O)O. The number of carbonyl (C=O) groups excluding carboxylic acids is 2. The summed E-state index contributed by atoms with van der Waals surface area (Å²) < 4.78 is 8.78. The molecular formula is C16H16O10. The van der Waals surface area contributed by atoms with Gasteiger partial charge in [0, 0.05) is 6.08 Å². The topological polar surface area (TPSA) is 168 Å². The highest BCUT2D eigenvalue weighted by molar-refractivity contribution is 5.95. The first kappa shape index (κ1) is 20.6. The van der Waals surface area contributed by atoms with Gasteiger partial charge in [0.1, 0.15) is 5.75 Å². The number of phenols is 1. The van der Waals surface area contributed by atoms with Crippen molar-refractivity contribution in [3.05, 3.63) is 35.9 Å². The van der Waals surface area contributed by atoms with Gasteiger partial charge in [-0.25, -0.2) is 14.4 Å². The first-order valence-corrected chi connectivity index (χ1v) is 7.03. The largest absolute Gasteiger partial charge is 0.508 e. The number of aliphatic hydroxyl groups is 1. The summed E-state index contributed by atoms with van der Waals surface area (Å²) in [4.78, 5) is 45.6. The monoisotopic (exact) mass is 368 g/mol. The molecule has 1 aromatic rings. The molecule has 0 aliphatic carbocycles. The first-order valence-electron chi connectivity index (χ1n) is 7.03. The summed E-state index contributed by atoms with van der Waals surface area (Å²) in [7, 11) is 0.806. The quantitative estimate of drug-likeness (QED) is 0.355. The van der Waals surface area contributed by atoms with Gasteiger partial charge in [-0.2, -0.15) is 0 Å². The molecule has 0 fully saturated rings. The number of hydrogen-bond acceptors (Lipinski definition) is 8. The first-order chi connectivity index (χ1) is 12.1. The number of carbonyl (C=O) groups is 4. The number of phenolic OH excluding ortho intramolecular Hbond substituents is 1. The van der Waals surface area contributed by atoms with Crippen molar-refractivity contribution in [2.75, 3.05) is 7.11 Å². The van der Waals surface area contributed by atoms with Crippen LogP contribution < -0.4 is 0 Å². The molecule has 1 rings (SSSR count). The Morgan fingerprint density at radius 1 is 1.15 bits per heavy atom. The molecule has 0 amide bonds. The lowest BCUT2D eigenvalue weighted by Crippen LogP contribution is -2.56. The number of esters is 2. The minimum absolute atomic E-state index is 0.00696. The van der Waals surface area contributed by atoms with Crippen LogP contribution in [0.15, 0.2) is 30.3 Å². The minimum atomic E-state index is -3.12. The van der Waals surface area contributed by atoms with Gasteiger partial charge in [-0.05, 0) is 23.8 Å². The van der Waals surface area contributed by atoms with Crippen LogP contribution in [-0.4, -0.2) is 63.1 Å². The summed E-state index contributed by atoms with van der Waals surface area (Å²) in [5.41, 5.74) is -2.66. The van der Waals surface area contributed by atoms with Gasteiger partial charge < -0.3 is 29.9 Å². The average Bonchev–Trinajstić information content (AvgIpc) is 2.57. The van der Waals surface area contributed by atoms with Crippen LogP contribution in [0.2, 0.25) is 0 Å². The van der Waals surface area contributed by atoms with Gasteiger partial charge in [0.05, 0.1) is 13.5 Å². The summed E-state index contributed by atoms with van der Waals surface area (Å²) in [5.74, 6) is -6.49. The number of rotatable bonds is 8. The summed E-state index contributed by atoms with van der Waals surface area (Å²) in [5, 5.41) is 37.3. The Hall–Kier alpha value is -3.40. The highest BCUT2D eigenvalue weighted by Crippen LogP contribution is 2.22. The standard InChI is InChI=1S/C16H16O10/c1-25-15(23)16(24,8-11(18)19)13(14(21)22)26-12(20)7-4-9-2-5-10(17)6-3-9/h2-7,13,17,24H,8H2,1H3,(H,18,19)(H,21,22)/t13-,16-/m1/s1. The van der Waals surface area contributed by atoms with Crippen molar-refractivity contribution < 1.29 is 49.1 Å². The van der Waals surface area contributed by atoms with Gasteiger partial charge in [0.25, 0.3) is 0 Å². The lowest BCUT2D eigenvalue weighted by molar-refractivity contribution is -0.197. The van der Waals surface area contributed by atoms with Crippen LogP contribution in [0.1, 0.15) is 12.0 Å². The summed E-state index contributed by atoms with van der Waals surface area (Å²) >= 11 is 0. The fraction of sp³-hybridized carbons (Fsp3) is 0.250. The zero-order valence-electron chi connectivity index (χ0n) is 13.5. The van der Waals surface area contributed by atoms with Gasteiger partial charge >= 0.3 is 23.9 Å². The molecule has 4 N–H and O–H groups in total. The fourth-order valence-electron chi connectivity index (χ4n) is 1.94. The molecule has 0 unspecified atom stereocenters. The van der Waals surface area contributed by atoms with Crippen molar-refractivity contribution in [3.63, 3.8) is 0 Å². The van der Waals surface area contributed by atoms with E-state index in [1.165, 1.54) is 30.3 Å². The fourth-order valence-corrected chi connectivity index (χ4v) is 1.94. The zero-order valence-corrected chi connectivity index (χ0v) is 13.5. The smallest absolute Gasteiger partial charge is 0.348 e. The van der Waals surface area contributed by atoms with Gasteiger partial charge in [-0.1, -0.05) is 12.1 Å². The predicted octanol–water partition coefficient (Wildman–Crippen LogP) is -0.219. The van der Waals surface area contributed by atoms with Crippen LogP contribution in [0, 0.1) is 0 Å². The van der Waals surface area contributed by atoms with E-state index < -0.39 is 42.0 Å². The van der Waals surface area contributed by atoms with Crippen molar-refractivity contribution in [2.45, 2.75) is 18.1 Å². The third-order valence-corrected chi connectivity index (χ3v) is 3.16. The lowest BCUT2D eigenvalue weighted by Gasteiger charge is -2.28. The number of carboxylic acids is 2. The van der Waals surface area contributed by atoms with Gasteiger partial charge in [0.15, 0.2) is 0 Å². The van der Waals surface area contributed by atoms with E-state index in [9.17, 15) is 24.3 Å². The van der Waals surface area contributed by atoms with E-state index in [-0.39, 0.29) is 5.75 Å². The van der Waals surface area contributed by atoms with Crippen molar-refractivity contribution >= 4 is 30.0 Å². The van der Waals surface area contributed by atoms with E-state index >= 15 is 0 Å². The molecule has 140 valence electrons. The van der Waals surface area contributed by atoms with E-state index in [0.29, 0.717) is 5.56 Å². The Bertz CT molecular complexity index is 721. The maximum Gasteiger partial charge on any atom is 0.348 e. The van der Waals surface area contributed by atoms with Crippen molar-refractivity contribution in [1.82, 2.24) is 0 Å². The molecule has 0 saturated carbocycles. The second-order valence-corrected chi connectivity index (χ2v) is 5.07. The van der Waals surface area contributed by atoms with Crippen LogP contribution >= 0.6 is 0 Å².